The molecule has 2 N–H and O–H groups in total. The molecule has 3 amide bonds. The topological polar surface area (TPSA) is 82.5 Å². The first-order chi connectivity index (χ1) is 13.1. The molecule has 3 rings (SSSR count). The minimum absolute atomic E-state index is 0.0459. The number of nitrogens with zero attached hydrogens (tertiary/aromatic N) is 2. The van der Waals surface area contributed by atoms with Crippen molar-refractivity contribution in [1.82, 2.24) is 10.3 Å². The van der Waals surface area contributed by atoms with E-state index in [0.29, 0.717) is 11.1 Å². The zero-order valence-electron chi connectivity index (χ0n) is 14.7. The van der Waals surface area contributed by atoms with Crippen LogP contribution in [0, 0.1) is 0 Å². The van der Waals surface area contributed by atoms with Crippen molar-refractivity contribution >= 4 is 29.4 Å². The molecule has 2 aromatic rings. The second kappa shape index (κ2) is 7.44. The molecule has 2 heterocycles. The van der Waals surface area contributed by atoms with Gasteiger partial charge in [-0.3, -0.25) is 9.78 Å². The summed E-state index contributed by atoms with van der Waals surface area (Å²) in [5.74, 6) is -0.533. The maximum Gasteiger partial charge on any atom is 0.446 e. The zero-order chi connectivity index (χ0) is 20.5. The van der Waals surface area contributed by atoms with Crippen LogP contribution in [0.25, 0.3) is 0 Å². The Labute approximate surface area is 162 Å². The molecule has 1 atom stereocenters. The van der Waals surface area contributed by atoms with E-state index in [-0.39, 0.29) is 35.4 Å². The Balaban J connectivity index is 1.83. The third kappa shape index (κ3) is 4.12. The smallest absolute Gasteiger partial charge is 0.392 e. The summed E-state index contributed by atoms with van der Waals surface area (Å²) in [6, 6.07) is 5.99. The minimum atomic E-state index is -4.42. The third-order valence-corrected chi connectivity index (χ3v) is 5.05. The van der Waals surface area contributed by atoms with E-state index in [2.05, 4.69) is 10.3 Å². The number of urea groups is 1. The number of carbonyl (C=O) groups excluding carboxylic acids is 2. The summed E-state index contributed by atoms with van der Waals surface area (Å²) in [4.78, 5) is 30.1. The summed E-state index contributed by atoms with van der Waals surface area (Å²) in [5, 5.41) is 12.1. The summed E-state index contributed by atoms with van der Waals surface area (Å²) >= 11 is -0.274. The van der Waals surface area contributed by atoms with Gasteiger partial charge in [0, 0.05) is 23.7 Å². The van der Waals surface area contributed by atoms with Crippen molar-refractivity contribution in [2.24, 2.45) is 0 Å². The van der Waals surface area contributed by atoms with Crippen LogP contribution in [0.2, 0.25) is 0 Å². The third-order valence-electron chi connectivity index (χ3n) is 4.31. The van der Waals surface area contributed by atoms with Crippen molar-refractivity contribution < 1.29 is 27.9 Å². The Bertz CT molecular complexity index is 905. The molecule has 0 radical (unpaired) electrons. The van der Waals surface area contributed by atoms with E-state index < -0.39 is 23.0 Å². The predicted molar refractivity (Wildman–Crippen MR) is 96.6 cm³/mol. The standard InChI is InChI=1S/C18H16F3N3O3S/c1-17(8-11-6-7-22-9-12(11)10-25)15(26)24(16(27)23-17)13-2-4-14(5-3-13)28-18(19,20)21/h2-7,9,25H,8,10H2,1H3,(H,23,27). The van der Waals surface area contributed by atoms with Gasteiger partial charge in [0.25, 0.3) is 5.91 Å². The van der Waals surface area contributed by atoms with Gasteiger partial charge in [-0.15, -0.1) is 0 Å². The Morgan fingerprint density at radius 3 is 2.46 bits per heavy atom. The number of hydrogen-bond acceptors (Lipinski definition) is 5. The van der Waals surface area contributed by atoms with Crippen molar-refractivity contribution in [2.45, 2.75) is 35.9 Å². The summed E-state index contributed by atoms with van der Waals surface area (Å²) < 4.78 is 37.3. The molecular formula is C18H16F3N3O3S. The monoisotopic (exact) mass is 411 g/mol. The number of imide groups is 1. The molecule has 148 valence electrons. The van der Waals surface area contributed by atoms with E-state index >= 15 is 0 Å². The average molecular weight is 411 g/mol. The van der Waals surface area contributed by atoms with Crippen molar-refractivity contribution in [3.05, 3.63) is 53.9 Å². The number of pyridine rings is 1. The number of amides is 3. The zero-order valence-corrected chi connectivity index (χ0v) is 15.5. The summed E-state index contributed by atoms with van der Waals surface area (Å²) in [6.45, 7) is 1.30. The Morgan fingerprint density at radius 1 is 1.18 bits per heavy atom. The van der Waals surface area contributed by atoms with E-state index in [1.54, 1.807) is 13.0 Å². The van der Waals surface area contributed by atoms with Crippen LogP contribution in [0.4, 0.5) is 23.7 Å². The van der Waals surface area contributed by atoms with Crippen LogP contribution in [-0.4, -0.2) is 33.1 Å². The lowest BCUT2D eigenvalue weighted by Crippen LogP contribution is -2.46. The summed E-state index contributed by atoms with van der Waals surface area (Å²) in [5.41, 5.74) is -4.31. The van der Waals surface area contributed by atoms with E-state index in [0.717, 1.165) is 4.90 Å². The van der Waals surface area contributed by atoms with Crippen molar-refractivity contribution in [3.63, 3.8) is 0 Å². The van der Waals surface area contributed by atoms with Gasteiger partial charge in [-0.25, -0.2) is 9.69 Å². The average Bonchev–Trinajstić information content (AvgIpc) is 2.84. The maximum absolute atomic E-state index is 12.9. The molecule has 1 fully saturated rings. The molecule has 1 unspecified atom stereocenters. The van der Waals surface area contributed by atoms with Gasteiger partial charge in [-0.2, -0.15) is 13.2 Å². The number of hydrogen-bond donors (Lipinski definition) is 2. The highest BCUT2D eigenvalue weighted by Crippen LogP contribution is 2.38. The molecule has 0 spiro atoms. The largest absolute Gasteiger partial charge is 0.446 e. The van der Waals surface area contributed by atoms with Crippen LogP contribution in [0.1, 0.15) is 18.1 Å². The first kappa shape index (κ1) is 20.2. The fourth-order valence-corrected chi connectivity index (χ4v) is 3.53. The Kier molecular flexibility index (Phi) is 5.35. The van der Waals surface area contributed by atoms with E-state index in [9.17, 15) is 27.9 Å². The number of aromatic nitrogens is 1. The number of aliphatic hydroxyl groups is 1. The number of halogens is 3. The van der Waals surface area contributed by atoms with Crippen molar-refractivity contribution in [1.29, 1.82) is 0 Å². The molecule has 1 aromatic carbocycles. The highest BCUT2D eigenvalue weighted by molar-refractivity contribution is 8.00. The highest BCUT2D eigenvalue weighted by atomic mass is 32.2. The second-order valence-corrected chi connectivity index (χ2v) is 7.56. The molecule has 6 nitrogen and oxygen atoms in total. The van der Waals surface area contributed by atoms with Gasteiger partial charge in [0.1, 0.15) is 5.54 Å². The fourth-order valence-electron chi connectivity index (χ4n) is 2.99. The quantitative estimate of drug-likeness (QED) is 0.583. The number of carbonyl (C=O) groups is 2. The van der Waals surface area contributed by atoms with Gasteiger partial charge in [-0.05, 0) is 60.1 Å². The first-order valence-electron chi connectivity index (χ1n) is 8.18. The van der Waals surface area contributed by atoms with E-state index in [4.69, 9.17) is 0 Å². The molecule has 1 saturated heterocycles. The second-order valence-electron chi connectivity index (χ2n) is 6.42. The molecular weight excluding hydrogens is 395 g/mol. The van der Waals surface area contributed by atoms with Crippen LogP contribution in [0.3, 0.4) is 0 Å². The van der Waals surface area contributed by atoms with Gasteiger partial charge in [0.15, 0.2) is 0 Å². The number of aliphatic hydroxyl groups excluding tert-OH is 1. The maximum atomic E-state index is 12.9. The first-order valence-corrected chi connectivity index (χ1v) is 9.00. The van der Waals surface area contributed by atoms with Crippen LogP contribution in [0.15, 0.2) is 47.6 Å². The number of rotatable bonds is 5. The molecule has 0 aliphatic carbocycles. The van der Waals surface area contributed by atoms with Crippen molar-refractivity contribution in [3.8, 4) is 0 Å². The Morgan fingerprint density at radius 2 is 1.86 bits per heavy atom. The molecule has 0 saturated carbocycles. The van der Waals surface area contributed by atoms with Crippen LogP contribution in [0.5, 0.6) is 0 Å². The van der Waals surface area contributed by atoms with E-state index in [1.807, 2.05) is 0 Å². The summed E-state index contributed by atoms with van der Waals surface area (Å²) in [7, 11) is 0. The molecule has 1 aromatic heterocycles. The van der Waals surface area contributed by atoms with Crippen molar-refractivity contribution in [2.75, 3.05) is 4.90 Å². The van der Waals surface area contributed by atoms with E-state index in [1.165, 1.54) is 36.7 Å². The fraction of sp³-hybridized carbons (Fsp3) is 0.278. The number of nitrogens with one attached hydrogen (secondary N) is 1. The predicted octanol–water partition coefficient (Wildman–Crippen LogP) is 3.24. The Hall–Kier alpha value is -2.59. The van der Waals surface area contributed by atoms with Crippen LogP contribution >= 0.6 is 11.8 Å². The minimum Gasteiger partial charge on any atom is -0.392 e. The molecule has 0 bridgehead atoms. The SMILES string of the molecule is CC1(Cc2ccncc2CO)NC(=O)N(c2ccc(SC(F)(F)F)cc2)C1=O. The van der Waals surface area contributed by atoms with Gasteiger partial charge in [-0.1, -0.05) is 0 Å². The van der Waals surface area contributed by atoms with Gasteiger partial charge >= 0.3 is 11.5 Å². The number of anilines is 1. The lowest BCUT2D eigenvalue weighted by molar-refractivity contribution is -0.121. The van der Waals surface area contributed by atoms with Gasteiger partial charge in [0.05, 0.1) is 12.3 Å². The number of thioether (sulfide) groups is 1. The normalized spacial score (nSPS) is 19.8. The molecule has 1 aliphatic heterocycles. The lowest BCUT2D eigenvalue weighted by atomic mass is 9.91. The molecule has 28 heavy (non-hydrogen) atoms. The van der Waals surface area contributed by atoms with Gasteiger partial charge in [0.2, 0.25) is 0 Å². The number of alkyl halides is 3. The number of benzene rings is 1. The van der Waals surface area contributed by atoms with Crippen LogP contribution < -0.4 is 10.2 Å². The summed E-state index contributed by atoms with van der Waals surface area (Å²) in [6.07, 6.45) is 3.14. The lowest BCUT2D eigenvalue weighted by Gasteiger charge is -2.23. The van der Waals surface area contributed by atoms with Crippen LogP contribution in [-0.2, 0) is 17.8 Å². The highest BCUT2D eigenvalue weighted by Gasteiger charge is 2.48. The molecule has 1 aliphatic rings. The molecule has 10 heteroatoms. The van der Waals surface area contributed by atoms with Gasteiger partial charge < -0.3 is 10.4 Å².